The summed E-state index contributed by atoms with van der Waals surface area (Å²) in [5, 5.41) is 0. The number of anilines is 1. The molecule has 1 aromatic heterocycles. The first-order valence-corrected chi connectivity index (χ1v) is 12.1. The molecular formula is C22H26N4O5S. The molecule has 0 saturated carbocycles. The van der Waals surface area contributed by atoms with Gasteiger partial charge in [-0.25, -0.2) is 13.1 Å². The number of hydrogen-bond acceptors (Lipinski definition) is 6. The van der Waals surface area contributed by atoms with E-state index in [1.54, 1.807) is 46.5 Å². The maximum atomic E-state index is 12.7. The van der Waals surface area contributed by atoms with Gasteiger partial charge in [0.15, 0.2) is 0 Å². The normalized spacial score (nSPS) is 16.1. The van der Waals surface area contributed by atoms with Crippen molar-refractivity contribution >= 4 is 27.5 Å². The Hall–Kier alpha value is -2.82. The maximum absolute atomic E-state index is 12.7. The Morgan fingerprint density at radius 2 is 1.84 bits per heavy atom. The first kappa shape index (κ1) is 22.4. The predicted octanol–water partition coefficient (Wildman–Crippen LogP) is 1.09. The summed E-state index contributed by atoms with van der Waals surface area (Å²) in [6.07, 6.45) is 4.10. The van der Waals surface area contributed by atoms with Gasteiger partial charge in [-0.15, -0.1) is 0 Å². The van der Waals surface area contributed by atoms with Gasteiger partial charge in [0.05, 0.1) is 18.1 Å². The fraction of sp³-hybridized carbons (Fsp3) is 0.409. The number of morpholine rings is 1. The number of aromatic nitrogens is 1. The quantitative estimate of drug-likeness (QED) is 0.665. The molecule has 0 bridgehead atoms. The summed E-state index contributed by atoms with van der Waals surface area (Å²) >= 11 is 0. The zero-order valence-electron chi connectivity index (χ0n) is 17.7. The van der Waals surface area contributed by atoms with Crippen molar-refractivity contribution in [2.45, 2.75) is 30.7 Å². The van der Waals surface area contributed by atoms with Crippen molar-refractivity contribution in [2.24, 2.45) is 0 Å². The van der Waals surface area contributed by atoms with Gasteiger partial charge in [-0.1, -0.05) is 6.07 Å². The molecule has 0 radical (unpaired) electrons. The van der Waals surface area contributed by atoms with Crippen molar-refractivity contribution in [3.05, 3.63) is 53.9 Å². The standard InChI is InChI=1S/C22H26N4O5S/c27-21(25-10-12-31-13-11-25)5-6-22(28)26-9-7-18-14-19(3-4-20(18)26)32(29,30)24-16-17-2-1-8-23-15-17/h1-4,8,14-15,24H,5-7,9-13,16H2. The van der Waals surface area contributed by atoms with Crippen LogP contribution in [0.3, 0.4) is 0 Å². The van der Waals surface area contributed by atoms with Crippen LogP contribution in [0.2, 0.25) is 0 Å². The Kier molecular flexibility index (Phi) is 6.83. The number of benzene rings is 1. The molecule has 0 spiro atoms. The number of hydrogen-bond donors (Lipinski definition) is 1. The van der Waals surface area contributed by atoms with Crippen LogP contribution in [0, 0.1) is 0 Å². The predicted molar refractivity (Wildman–Crippen MR) is 117 cm³/mol. The SMILES string of the molecule is O=C(CCC(=O)N1CCc2cc(S(=O)(=O)NCc3cccnc3)ccc21)N1CCOCC1. The van der Waals surface area contributed by atoms with Crippen molar-refractivity contribution in [3.63, 3.8) is 0 Å². The minimum Gasteiger partial charge on any atom is -0.378 e. The number of rotatable bonds is 7. The molecule has 2 aliphatic rings. The molecule has 170 valence electrons. The molecule has 2 aromatic rings. The average Bonchev–Trinajstić information content (AvgIpc) is 3.26. The summed E-state index contributed by atoms with van der Waals surface area (Å²) in [5.74, 6) is -0.169. The number of nitrogens with zero attached hydrogens (tertiary/aromatic N) is 3. The zero-order valence-corrected chi connectivity index (χ0v) is 18.5. The number of nitrogens with one attached hydrogen (secondary N) is 1. The number of carbonyl (C=O) groups excluding carboxylic acids is 2. The van der Waals surface area contributed by atoms with E-state index in [1.165, 1.54) is 6.07 Å². The van der Waals surface area contributed by atoms with Crippen LogP contribution in [0.5, 0.6) is 0 Å². The van der Waals surface area contributed by atoms with Crippen molar-refractivity contribution in [1.82, 2.24) is 14.6 Å². The molecule has 0 unspecified atom stereocenters. The Balaban J connectivity index is 1.37. The van der Waals surface area contributed by atoms with Crippen LogP contribution in [-0.2, 0) is 37.3 Å². The topological polar surface area (TPSA) is 109 Å². The molecule has 32 heavy (non-hydrogen) atoms. The maximum Gasteiger partial charge on any atom is 0.240 e. The first-order valence-electron chi connectivity index (χ1n) is 10.6. The highest BCUT2D eigenvalue weighted by Crippen LogP contribution is 2.31. The number of carbonyl (C=O) groups is 2. The van der Waals surface area contributed by atoms with E-state index >= 15 is 0 Å². The molecular weight excluding hydrogens is 432 g/mol. The molecule has 1 N–H and O–H groups in total. The highest BCUT2D eigenvalue weighted by atomic mass is 32.2. The van der Waals surface area contributed by atoms with E-state index in [1.807, 2.05) is 0 Å². The van der Waals surface area contributed by atoms with Crippen molar-refractivity contribution in [3.8, 4) is 0 Å². The summed E-state index contributed by atoms with van der Waals surface area (Å²) in [4.78, 5) is 32.5. The van der Waals surface area contributed by atoms with E-state index in [4.69, 9.17) is 4.74 Å². The van der Waals surface area contributed by atoms with Crippen LogP contribution in [0.15, 0.2) is 47.6 Å². The van der Waals surface area contributed by atoms with E-state index < -0.39 is 10.0 Å². The van der Waals surface area contributed by atoms with E-state index in [-0.39, 0.29) is 36.1 Å². The van der Waals surface area contributed by atoms with Crippen molar-refractivity contribution in [1.29, 1.82) is 0 Å². The van der Waals surface area contributed by atoms with Crippen LogP contribution in [0.25, 0.3) is 0 Å². The third-order valence-electron chi connectivity index (χ3n) is 5.66. The van der Waals surface area contributed by atoms with Gasteiger partial charge >= 0.3 is 0 Å². The second-order valence-corrected chi connectivity index (χ2v) is 9.53. The number of pyridine rings is 1. The molecule has 0 aliphatic carbocycles. The zero-order chi connectivity index (χ0) is 22.6. The molecule has 1 fully saturated rings. The molecule has 1 saturated heterocycles. The Morgan fingerprint density at radius 3 is 2.59 bits per heavy atom. The molecule has 9 nitrogen and oxygen atoms in total. The number of fused-ring (bicyclic) bond motifs is 1. The van der Waals surface area contributed by atoms with E-state index in [0.717, 1.165) is 11.1 Å². The van der Waals surface area contributed by atoms with Gasteiger partial charge in [-0.3, -0.25) is 14.6 Å². The van der Waals surface area contributed by atoms with Gasteiger partial charge in [0, 0.05) is 57.1 Å². The third-order valence-corrected chi connectivity index (χ3v) is 7.06. The van der Waals surface area contributed by atoms with E-state index in [9.17, 15) is 18.0 Å². The van der Waals surface area contributed by atoms with Crippen LogP contribution in [0.1, 0.15) is 24.0 Å². The Bertz CT molecular complexity index is 1080. The van der Waals surface area contributed by atoms with Gasteiger partial charge in [-0.2, -0.15) is 0 Å². The van der Waals surface area contributed by atoms with E-state index in [2.05, 4.69) is 9.71 Å². The van der Waals surface area contributed by atoms with Crippen LogP contribution in [-0.4, -0.2) is 63.0 Å². The van der Waals surface area contributed by atoms with Gasteiger partial charge in [0.25, 0.3) is 0 Å². The fourth-order valence-corrected chi connectivity index (χ4v) is 4.96. The largest absolute Gasteiger partial charge is 0.378 e. The summed E-state index contributed by atoms with van der Waals surface area (Å²) in [7, 11) is -3.69. The van der Waals surface area contributed by atoms with Crippen LogP contribution >= 0.6 is 0 Å². The molecule has 1 aromatic carbocycles. The highest BCUT2D eigenvalue weighted by Gasteiger charge is 2.27. The first-order chi connectivity index (χ1) is 15.4. The molecule has 10 heteroatoms. The lowest BCUT2D eigenvalue weighted by atomic mass is 10.2. The van der Waals surface area contributed by atoms with Crippen molar-refractivity contribution < 1.29 is 22.7 Å². The Morgan fingerprint density at radius 1 is 1.06 bits per heavy atom. The monoisotopic (exact) mass is 458 g/mol. The number of sulfonamides is 1. The van der Waals surface area contributed by atoms with Crippen LogP contribution < -0.4 is 9.62 Å². The molecule has 2 amide bonds. The summed E-state index contributed by atoms with van der Waals surface area (Å²) < 4.78 is 33.2. The third kappa shape index (κ3) is 5.14. The van der Waals surface area contributed by atoms with E-state index in [0.29, 0.717) is 45.0 Å². The lowest BCUT2D eigenvalue weighted by Gasteiger charge is -2.27. The van der Waals surface area contributed by atoms with Gasteiger partial charge < -0.3 is 14.5 Å². The minimum absolute atomic E-state index is 0.0396. The van der Waals surface area contributed by atoms with Crippen molar-refractivity contribution in [2.75, 3.05) is 37.7 Å². The van der Waals surface area contributed by atoms with Gasteiger partial charge in [0.2, 0.25) is 21.8 Å². The summed E-state index contributed by atoms with van der Waals surface area (Å²) in [6.45, 7) is 2.81. The minimum atomic E-state index is -3.69. The molecule has 3 heterocycles. The average molecular weight is 459 g/mol. The lowest BCUT2D eigenvalue weighted by molar-refractivity contribution is -0.136. The summed E-state index contributed by atoms with van der Waals surface area (Å²) in [5.41, 5.74) is 2.28. The second-order valence-electron chi connectivity index (χ2n) is 7.76. The highest BCUT2D eigenvalue weighted by molar-refractivity contribution is 7.89. The lowest BCUT2D eigenvalue weighted by Crippen LogP contribution is -2.41. The molecule has 4 rings (SSSR count). The Labute approximate surface area is 187 Å². The van der Waals surface area contributed by atoms with Crippen LogP contribution in [0.4, 0.5) is 5.69 Å². The number of ether oxygens (including phenoxy) is 1. The molecule has 2 aliphatic heterocycles. The molecule has 0 atom stereocenters. The second kappa shape index (κ2) is 9.76. The van der Waals surface area contributed by atoms with Gasteiger partial charge in [-0.05, 0) is 41.8 Å². The summed E-state index contributed by atoms with van der Waals surface area (Å²) in [6, 6.07) is 8.34. The van der Waals surface area contributed by atoms with Gasteiger partial charge in [0.1, 0.15) is 0 Å². The fourth-order valence-electron chi connectivity index (χ4n) is 3.89. The smallest absolute Gasteiger partial charge is 0.240 e. The number of amides is 2.